The van der Waals surface area contributed by atoms with Crippen LogP contribution in [0.5, 0.6) is 0 Å². The lowest BCUT2D eigenvalue weighted by Gasteiger charge is -2.05. The monoisotopic (exact) mass is 355 g/mol. The zero-order chi connectivity index (χ0) is 18.3. The lowest BCUT2D eigenvalue weighted by atomic mass is 10.3. The van der Waals surface area contributed by atoms with Gasteiger partial charge < -0.3 is 10.1 Å². The zero-order valence-electron chi connectivity index (χ0n) is 13.1. The van der Waals surface area contributed by atoms with Crippen LogP contribution in [0.1, 0.15) is 0 Å². The van der Waals surface area contributed by atoms with E-state index in [9.17, 15) is 19.3 Å². The Morgan fingerprint density at radius 2 is 1.96 bits per heavy atom. The second-order valence-corrected chi connectivity index (χ2v) is 5.40. The van der Waals surface area contributed by atoms with Crippen molar-refractivity contribution >= 4 is 16.9 Å². The van der Waals surface area contributed by atoms with E-state index in [0.717, 1.165) is 0 Å². The van der Waals surface area contributed by atoms with Crippen molar-refractivity contribution in [1.29, 1.82) is 0 Å². The van der Waals surface area contributed by atoms with Gasteiger partial charge in [-0.3, -0.25) is 9.36 Å². The molecule has 0 atom stereocenters. The summed E-state index contributed by atoms with van der Waals surface area (Å²) in [4.78, 5) is 26.9. The largest absolute Gasteiger partial charge is 0.389 e. The summed E-state index contributed by atoms with van der Waals surface area (Å²) in [5, 5.41) is 18.8. The molecule has 1 aromatic carbocycles. The van der Waals surface area contributed by atoms with Crippen molar-refractivity contribution in [3.05, 3.63) is 75.3 Å². The van der Waals surface area contributed by atoms with Gasteiger partial charge in [0, 0.05) is 0 Å². The third-order valence-corrected chi connectivity index (χ3v) is 3.74. The van der Waals surface area contributed by atoms with E-state index < -0.39 is 4.92 Å². The van der Waals surface area contributed by atoms with Crippen LogP contribution in [-0.2, 0) is 6.67 Å². The second-order valence-electron chi connectivity index (χ2n) is 5.40. The van der Waals surface area contributed by atoms with Crippen molar-refractivity contribution in [2.24, 2.45) is 0 Å². The molecule has 4 rings (SSSR count). The summed E-state index contributed by atoms with van der Waals surface area (Å²) in [5.74, 6) is -0.690. The van der Waals surface area contributed by atoms with Crippen molar-refractivity contribution in [3.63, 3.8) is 0 Å². The van der Waals surface area contributed by atoms with Gasteiger partial charge in [0.1, 0.15) is 24.2 Å². The molecule has 0 saturated heterocycles. The van der Waals surface area contributed by atoms with Crippen LogP contribution >= 0.6 is 0 Å². The van der Waals surface area contributed by atoms with Crippen LogP contribution in [0.15, 0.2) is 53.8 Å². The predicted octanol–water partition coefficient (Wildman–Crippen LogP) is 1.33. The normalized spacial score (nSPS) is 11.1. The fourth-order valence-electron chi connectivity index (χ4n) is 2.50. The first kappa shape index (κ1) is 15.6. The van der Waals surface area contributed by atoms with Crippen LogP contribution in [0.4, 0.5) is 10.2 Å². The maximum absolute atomic E-state index is 13.1. The van der Waals surface area contributed by atoms with Gasteiger partial charge in [-0.05, 0) is 29.2 Å². The molecule has 0 amide bonds. The summed E-state index contributed by atoms with van der Waals surface area (Å²) in [6.45, 7) is -0.0304. The maximum Gasteiger partial charge on any atom is 0.389 e. The van der Waals surface area contributed by atoms with Crippen molar-refractivity contribution in [2.45, 2.75) is 6.67 Å². The Morgan fingerprint density at radius 1 is 1.19 bits per heavy atom. The summed E-state index contributed by atoms with van der Waals surface area (Å²) in [6.07, 6.45) is 4.08. The average molecular weight is 355 g/mol. The SMILES string of the molecule is O=c1c2cnn(-c3ccc(F)cc3)c2ncn1Cn1ccc([N+](=O)[O-])n1. The molecule has 0 N–H and O–H groups in total. The van der Waals surface area contributed by atoms with Gasteiger partial charge in [0.2, 0.25) is 0 Å². The molecule has 3 heterocycles. The predicted molar refractivity (Wildman–Crippen MR) is 87.4 cm³/mol. The highest BCUT2D eigenvalue weighted by atomic mass is 19.1. The number of benzene rings is 1. The average Bonchev–Trinajstić information content (AvgIpc) is 3.26. The molecular weight excluding hydrogens is 345 g/mol. The van der Waals surface area contributed by atoms with Crippen molar-refractivity contribution in [2.75, 3.05) is 0 Å². The smallest absolute Gasteiger partial charge is 0.358 e. The number of halogens is 1. The number of nitro groups is 1. The molecule has 4 aromatic rings. The number of nitrogens with zero attached hydrogens (tertiary/aromatic N) is 7. The summed E-state index contributed by atoms with van der Waals surface area (Å²) in [6, 6.07) is 6.86. The molecule has 0 aliphatic rings. The fraction of sp³-hybridized carbons (Fsp3) is 0.0667. The molecule has 10 nitrogen and oxygen atoms in total. The molecule has 0 fully saturated rings. The Kier molecular flexibility index (Phi) is 3.53. The van der Waals surface area contributed by atoms with Gasteiger partial charge in [-0.25, -0.2) is 14.1 Å². The molecule has 0 unspecified atom stereocenters. The first-order valence-corrected chi connectivity index (χ1v) is 7.40. The number of rotatable bonds is 4. The summed E-state index contributed by atoms with van der Waals surface area (Å²) < 4.78 is 17.0. The summed E-state index contributed by atoms with van der Waals surface area (Å²) >= 11 is 0. The molecule has 0 radical (unpaired) electrons. The standard InChI is InChI=1S/C15H10FN7O3/c16-10-1-3-11(4-2-10)22-14-12(7-18-22)15(24)20(8-17-14)9-21-6-5-13(19-21)23(25)26/h1-8H,9H2. The van der Waals surface area contributed by atoms with Crippen molar-refractivity contribution in [1.82, 2.24) is 29.1 Å². The van der Waals surface area contributed by atoms with E-state index in [1.165, 1.54) is 63.0 Å². The van der Waals surface area contributed by atoms with Crippen LogP contribution in [0.2, 0.25) is 0 Å². The number of fused-ring (bicyclic) bond motifs is 1. The van der Waals surface area contributed by atoms with Gasteiger partial charge in [0.25, 0.3) is 5.56 Å². The Labute approximate surface area is 143 Å². The third kappa shape index (κ3) is 2.60. The Hall–Kier alpha value is -3.89. The van der Waals surface area contributed by atoms with E-state index in [1.807, 2.05) is 0 Å². The van der Waals surface area contributed by atoms with Crippen LogP contribution in [0.3, 0.4) is 0 Å². The van der Waals surface area contributed by atoms with Gasteiger partial charge in [-0.15, -0.1) is 0 Å². The first-order chi connectivity index (χ1) is 12.5. The van der Waals surface area contributed by atoms with Crippen molar-refractivity contribution in [3.8, 4) is 5.69 Å². The van der Waals surface area contributed by atoms with E-state index in [-0.39, 0.29) is 29.2 Å². The molecule has 0 bridgehead atoms. The fourth-order valence-corrected chi connectivity index (χ4v) is 2.50. The lowest BCUT2D eigenvalue weighted by Crippen LogP contribution is -2.24. The molecule has 0 aliphatic heterocycles. The molecule has 130 valence electrons. The third-order valence-electron chi connectivity index (χ3n) is 3.74. The van der Waals surface area contributed by atoms with Gasteiger partial charge in [0.05, 0.1) is 29.2 Å². The minimum Gasteiger partial charge on any atom is -0.358 e. The minimum atomic E-state index is -0.618. The van der Waals surface area contributed by atoms with Gasteiger partial charge in [0.15, 0.2) is 5.65 Å². The van der Waals surface area contributed by atoms with Crippen LogP contribution in [0, 0.1) is 15.9 Å². The molecule has 0 spiro atoms. The van der Waals surface area contributed by atoms with Gasteiger partial charge in [-0.2, -0.15) is 9.78 Å². The highest BCUT2D eigenvalue weighted by Gasteiger charge is 2.14. The summed E-state index contributed by atoms with van der Waals surface area (Å²) in [5.41, 5.74) is 0.513. The van der Waals surface area contributed by atoms with Crippen LogP contribution in [0.25, 0.3) is 16.7 Å². The van der Waals surface area contributed by atoms with E-state index >= 15 is 0 Å². The Balaban J connectivity index is 1.72. The van der Waals surface area contributed by atoms with Gasteiger partial charge in [-0.1, -0.05) is 0 Å². The topological polar surface area (TPSA) is 114 Å². The minimum absolute atomic E-state index is 0.0304. The van der Waals surface area contributed by atoms with E-state index in [4.69, 9.17) is 0 Å². The Morgan fingerprint density at radius 3 is 2.65 bits per heavy atom. The molecule has 0 saturated carbocycles. The maximum atomic E-state index is 13.1. The first-order valence-electron chi connectivity index (χ1n) is 7.40. The van der Waals surface area contributed by atoms with E-state index in [2.05, 4.69) is 15.2 Å². The summed E-state index contributed by atoms with van der Waals surface area (Å²) in [7, 11) is 0. The lowest BCUT2D eigenvalue weighted by molar-refractivity contribution is -0.389. The number of hydrogen-bond acceptors (Lipinski definition) is 6. The molecule has 0 aliphatic carbocycles. The van der Waals surface area contributed by atoms with E-state index in [1.54, 1.807) is 0 Å². The van der Waals surface area contributed by atoms with E-state index in [0.29, 0.717) is 11.3 Å². The highest BCUT2D eigenvalue weighted by Crippen LogP contribution is 2.14. The quantitative estimate of drug-likeness (QED) is 0.403. The molecule has 26 heavy (non-hydrogen) atoms. The molecular formula is C15H10FN7O3. The number of hydrogen-bond donors (Lipinski definition) is 0. The van der Waals surface area contributed by atoms with Crippen LogP contribution in [-0.4, -0.2) is 34.0 Å². The zero-order valence-corrected chi connectivity index (χ0v) is 13.1. The molecule has 3 aromatic heterocycles. The van der Waals surface area contributed by atoms with Crippen molar-refractivity contribution < 1.29 is 9.31 Å². The highest BCUT2D eigenvalue weighted by molar-refractivity contribution is 5.74. The van der Waals surface area contributed by atoms with Crippen LogP contribution < -0.4 is 5.56 Å². The van der Waals surface area contributed by atoms with Gasteiger partial charge >= 0.3 is 5.82 Å². The second kappa shape index (κ2) is 5.88. The Bertz CT molecular complexity index is 1180. The number of aromatic nitrogens is 6. The molecule has 11 heteroatoms.